The molecule has 2 aromatic rings. The van der Waals surface area contributed by atoms with Gasteiger partial charge >= 0.3 is 5.69 Å². The van der Waals surface area contributed by atoms with Crippen molar-refractivity contribution in [3.63, 3.8) is 0 Å². The fraction of sp³-hybridized carbons (Fsp3) is 0.364. The highest BCUT2D eigenvalue weighted by Gasteiger charge is 2.35. The summed E-state index contributed by atoms with van der Waals surface area (Å²) >= 11 is 0. The van der Waals surface area contributed by atoms with E-state index in [-0.39, 0.29) is 22.8 Å². The van der Waals surface area contributed by atoms with Gasteiger partial charge in [-0.2, -0.15) is 5.26 Å². The quantitative estimate of drug-likeness (QED) is 0.476. The number of ether oxygens (including phenoxy) is 3. The Bertz CT molecular complexity index is 1040. The van der Waals surface area contributed by atoms with Gasteiger partial charge in [-0.1, -0.05) is 12.1 Å². The number of carbonyl (C=O) groups is 1. The zero-order valence-electron chi connectivity index (χ0n) is 18.2. The number of nitrogens with zero attached hydrogens (tertiary/aromatic N) is 4. The van der Waals surface area contributed by atoms with Gasteiger partial charge in [0.2, 0.25) is 11.5 Å². The van der Waals surface area contributed by atoms with Crippen LogP contribution in [0.1, 0.15) is 21.5 Å². The molecular formula is C22H24N4O6. The Morgan fingerprint density at radius 2 is 1.69 bits per heavy atom. The molecule has 1 saturated heterocycles. The Balaban J connectivity index is 1.78. The third kappa shape index (κ3) is 4.58. The van der Waals surface area contributed by atoms with Gasteiger partial charge in [0.15, 0.2) is 5.75 Å². The smallest absolute Gasteiger partial charge is 0.327 e. The maximum absolute atomic E-state index is 13.2. The summed E-state index contributed by atoms with van der Waals surface area (Å²) < 4.78 is 15.7. The Hall–Kier alpha value is -3.84. The molecule has 1 aliphatic heterocycles. The van der Waals surface area contributed by atoms with E-state index in [4.69, 9.17) is 19.5 Å². The average Bonchev–Trinajstić information content (AvgIpc) is 2.82. The van der Waals surface area contributed by atoms with Crippen molar-refractivity contribution in [2.24, 2.45) is 0 Å². The van der Waals surface area contributed by atoms with Crippen molar-refractivity contribution < 1.29 is 23.9 Å². The largest absolute Gasteiger partial charge is 0.493 e. The predicted octanol–water partition coefficient (Wildman–Crippen LogP) is 2.45. The van der Waals surface area contributed by atoms with Crippen LogP contribution in [0.3, 0.4) is 0 Å². The summed E-state index contributed by atoms with van der Waals surface area (Å²) in [6.07, 6.45) is 0. The molecule has 10 nitrogen and oxygen atoms in total. The standard InChI is InChI=1S/C22H24N4O6/c1-30-18-12-17(19(26(28)29)21(32-3)20(18)31-2)22(27)25-10-8-24(9-11-25)14-16-6-4-15(13-23)5-7-16/h4-7,12H,8-11,14H2,1-3H3. The Kier molecular flexibility index (Phi) is 7.12. The van der Waals surface area contributed by atoms with E-state index in [0.29, 0.717) is 38.3 Å². The van der Waals surface area contributed by atoms with Crippen LogP contribution in [0.15, 0.2) is 30.3 Å². The Morgan fingerprint density at radius 3 is 2.19 bits per heavy atom. The normalized spacial score (nSPS) is 13.9. The fourth-order valence-corrected chi connectivity index (χ4v) is 3.71. The third-order valence-electron chi connectivity index (χ3n) is 5.37. The highest BCUT2D eigenvalue weighted by Crippen LogP contribution is 2.46. The highest BCUT2D eigenvalue weighted by atomic mass is 16.6. The first kappa shape index (κ1) is 22.8. The first-order valence-electron chi connectivity index (χ1n) is 9.91. The van der Waals surface area contributed by atoms with Crippen LogP contribution in [0.25, 0.3) is 0 Å². The second kappa shape index (κ2) is 9.98. The molecule has 0 bridgehead atoms. The van der Waals surface area contributed by atoms with Crippen LogP contribution >= 0.6 is 0 Å². The minimum absolute atomic E-state index is 0.0606. The maximum Gasteiger partial charge on any atom is 0.327 e. The summed E-state index contributed by atoms with van der Waals surface area (Å²) in [5.41, 5.74) is 1.13. The number of methoxy groups -OCH3 is 3. The number of piperazine rings is 1. The molecule has 3 rings (SSSR count). The van der Waals surface area contributed by atoms with Crippen molar-refractivity contribution in [3.8, 4) is 23.3 Å². The molecular weight excluding hydrogens is 416 g/mol. The van der Waals surface area contributed by atoms with E-state index in [9.17, 15) is 14.9 Å². The molecule has 0 aromatic heterocycles. The molecule has 1 heterocycles. The van der Waals surface area contributed by atoms with Crippen molar-refractivity contribution >= 4 is 11.6 Å². The molecule has 168 valence electrons. The second-order valence-electron chi connectivity index (χ2n) is 7.18. The van der Waals surface area contributed by atoms with Gasteiger partial charge in [0.1, 0.15) is 5.56 Å². The van der Waals surface area contributed by atoms with E-state index in [1.807, 2.05) is 12.1 Å². The number of hydrogen-bond donors (Lipinski definition) is 0. The summed E-state index contributed by atoms with van der Waals surface area (Å²) in [6, 6.07) is 10.8. The van der Waals surface area contributed by atoms with Crippen LogP contribution in [0.5, 0.6) is 17.2 Å². The Morgan fingerprint density at radius 1 is 1.06 bits per heavy atom. The molecule has 1 fully saturated rings. The van der Waals surface area contributed by atoms with Crippen LogP contribution in [-0.4, -0.2) is 68.1 Å². The molecule has 1 aliphatic rings. The second-order valence-corrected chi connectivity index (χ2v) is 7.18. The number of carbonyl (C=O) groups excluding carboxylic acids is 1. The number of nitriles is 1. The summed E-state index contributed by atoms with van der Waals surface area (Å²) in [4.78, 5) is 28.1. The summed E-state index contributed by atoms with van der Waals surface area (Å²) in [5, 5.41) is 20.7. The SMILES string of the molecule is COc1cc(C(=O)N2CCN(Cc3ccc(C#N)cc3)CC2)c([N+](=O)[O-])c(OC)c1OC. The van der Waals surface area contributed by atoms with E-state index < -0.39 is 16.5 Å². The fourth-order valence-electron chi connectivity index (χ4n) is 3.71. The third-order valence-corrected chi connectivity index (χ3v) is 5.37. The summed E-state index contributed by atoms with van der Waals surface area (Å²) in [6.45, 7) is 2.76. The molecule has 0 N–H and O–H groups in total. The molecule has 0 spiro atoms. The number of amides is 1. The van der Waals surface area contributed by atoms with Gasteiger partial charge < -0.3 is 19.1 Å². The van der Waals surface area contributed by atoms with Crippen LogP contribution < -0.4 is 14.2 Å². The number of nitro benzene ring substituents is 1. The van der Waals surface area contributed by atoms with Crippen molar-refractivity contribution in [3.05, 3.63) is 57.1 Å². The number of hydrogen-bond acceptors (Lipinski definition) is 8. The lowest BCUT2D eigenvalue weighted by atomic mass is 10.1. The molecule has 10 heteroatoms. The average molecular weight is 440 g/mol. The first-order chi connectivity index (χ1) is 15.4. The van der Waals surface area contributed by atoms with E-state index in [2.05, 4.69) is 11.0 Å². The van der Waals surface area contributed by atoms with Crippen molar-refractivity contribution in [2.45, 2.75) is 6.54 Å². The maximum atomic E-state index is 13.2. The lowest BCUT2D eigenvalue weighted by Gasteiger charge is -2.34. The van der Waals surface area contributed by atoms with Crippen LogP contribution in [0.2, 0.25) is 0 Å². The van der Waals surface area contributed by atoms with E-state index in [0.717, 1.165) is 5.56 Å². The minimum atomic E-state index is -0.644. The molecule has 2 aromatic carbocycles. The summed E-state index contributed by atoms with van der Waals surface area (Å²) in [7, 11) is 4.01. The lowest BCUT2D eigenvalue weighted by molar-refractivity contribution is -0.386. The Labute approximate surface area is 185 Å². The number of nitro groups is 1. The lowest BCUT2D eigenvalue weighted by Crippen LogP contribution is -2.48. The molecule has 0 atom stereocenters. The monoisotopic (exact) mass is 440 g/mol. The molecule has 0 saturated carbocycles. The number of benzene rings is 2. The van der Waals surface area contributed by atoms with Crippen molar-refractivity contribution in [2.75, 3.05) is 47.5 Å². The van der Waals surface area contributed by atoms with Gasteiger partial charge in [0.25, 0.3) is 5.91 Å². The van der Waals surface area contributed by atoms with Gasteiger partial charge in [-0.05, 0) is 17.7 Å². The molecule has 1 amide bonds. The van der Waals surface area contributed by atoms with E-state index in [1.54, 1.807) is 17.0 Å². The van der Waals surface area contributed by atoms with Gasteiger partial charge in [-0.15, -0.1) is 0 Å². The summed E-state index contributed by atoms with van der Waals surface area (Å²) in [5.74, 6) is -0.378. The van der Waals surface area contributed by atoms with Crippen LogP contribution in [0, 0.1) is 21.4 Å². The first-order valence-corrected chi connectivity index (χ1v) is 9.91. The van der Waals surface area contributed by atoms with E-state index >= 15 is 0 Å². The zero-order valence-corrected chi connectivity index (χ0v) is 18.2. The molecule has 0 radical (unpaired) electrons. The minimum Gasteiger partial charge on any atom is -0.493 e. The van der Waals surface area contributed by atoms with Crippen LogP contribution in [0.4, 0.5) is 5.69 Å². The van der Waals surface area contributed by atoms with E-state index in [1.165, 1.54) is 27.4 Å². The number of rotatable bonds is 7. The highest BCUT2D eigenvalue weighted by molar-refractivity contribution is 6.00. The molecule has 0 unspecified atom stereocenters. The van der Waals surface area contributed by atoms with Gasteiger partial charge in [0.05, 0.1) is 37.9 Å². The molecule has 32 heavy (non-hydrogen) atoms. The van der Waals surface area contributed by atoms with Crippen molar-refractivity contribution in [1.82, 2.24) is 9.80 Å². The topological polar surface area (TPSA) is 118 Å². The van der Waals surface area contributed by atoms with Gasteiger partial charge in [0, 0.05) is 38.8 Å². The molecule has 0 aliphatic carbocycles. The van der Waals surface area contributed by atoms with Gasteiger partial charge in [-0.25, -0.2) is 0 Å². The van der Waals surface area contributed by atoms with Crippen LogP contribution in [-0.2, 0) is 6.54 Å². The predicted molar refractivity (Wildman–Crippen MR) is 115 cm³/mol. The van der Waals surface area contributed by atoms with Gasteiger partial charge in [-0.3, -0.25) is 19.8 Å². The van der Waals surface area contributed by atoms with Crippen molar-refractivity contribution in [1.29, 1.82) is 5.26 Å². The zero-order chi connectivity index (χ0) is 23.3.